The number of halogens is 1. The molecule has 1 aromatic heterocycles. The second-order valence-corrected chi connectivity index (χ2v) is 8.11. The van der Waals surface area contributed by atoms with E-state index in [4.69, 9.17) is 16.3 Å². The molecule has 1 saturated heterocycles. The van der Waals surface area contributed by atoms with Crippen LogP contribution in [0, 0.1) is 5.92 Å². The number of guanidine groups is 1. The smallest absolute Gasteiger partial charge is 0.190 e. The molecule has 0 amide bonds. The molecule has 2 unspecified atom stereocenters. The van der Waals surface area contributed by atoms with Crippen molar-refractivity contribution in [3.8, 4) is 5.75 Å². The molecule has 0 radical (unpaired) electrons. The third kappa shape index (κ3) is 6.09. The molecule has 7 heteroatoms. The topological polar surface area (TPSA) is 61.8 Å². The van der Waals surface area contributed by atoms with Crippen LogP contribution in [0.25, 0.3) is 0 Å². The van der Waals surface area contributed by atoms with E-state index in [1.165, 1.54) is 18.4 Å². The molecule has 162 valence electrons. The van der Waals surface area contributed by atoms with Gasteiger partial charge in [0.25, 0.3) is 0 Å². The Balaban J connectivity index is 1.54. The maximum absolute atomic E-state index is 5.85. The Morgan fingerprint density at radius 3 is 2.70 bits per heavy atom. The van der Waals surface area contributed by atoms with Gasteiger partial charge in [-0.1, -0.05) is 29.8 Å². The predicted octanol–water partition coefficient (Wildman–Crippen LogP) is 3.53. The van der Waals surface area contributed by atoms with E-state index in [0.29, 0.717) is 17.1 Å². The highest BCUT2D eigenvalue weighted by Crippen LogP contribution is 2.35. The van der Waals surface area contributed by atoms with Gasteiger partial charge in [-0.3, -0.25) is 9.89 Å². The highest BCUT2D eigenvalue weighted by molar-refractivity contribution is 6.29. The Morgan fingerprint density at radius 2 is 2.03 bits per heavy atom. The number of rotatable bonds is 7. The molecule has 1 fully saturated rings. The van der Waals surface area contributed by atoms with E-state index in [2.05, 4.69) is 44.7 Å². The number of nitrogens with zero attached hydrogens (tertiary/aromatic N) is 3. The summed E-state index contributed by atoms with van der Waals surface area (Å²) in [5.74, 6) is 2.24. The predicted molar refractivity (Wildman–Crippen MR) is 123 cm³/mol. The van der Waals surface area contributed by atoms with E-state index in [0.717, 1.165) is 43.3 Å². The minimum absolute atomic E-state index is 0.385. The number of piperidine rings is 1. The Hall–Kier alpha value is -2.31. The fraction of sp³-hybridized carbons (Fsp3) is 0.478. The molecule has 0 aliphatic carbocycles. The van der Waals surface area contributed by atoms with Crippen LogP contribution in [0.15, 0.2) is 47.6 Å². The molecule has 2 aromatic rings. The SMILES string of the molecule is CN=C(NCCc1ccc(Cl)nc1)NCC1CCCN(C)C1c1ccc(OC)cc1. The zero-order valence-electron chi connectivity index (χ0n) is 18.1. The van der Waals surface area contributed by atoms with Crippen LogP contribution in [0.4, 0.5) is 0 Å². The van der Waals surface area contributed by atoms with Crippen LogP contribution in [0.2, 0.25) is 5.15 Å². The van der Waals surface area contributed by atoms with Crippen molar-refractivity contribution in [1.29, 1.82) is 0 Å². The summed E-state index contributed by atoms with van der Waals surface area (Å²) in [6.07, 6.45) is 5.09. The number of hydrogen-bond donors (Lipinski definition) is 2. The van der Waals surface area contributed by atoms with Crippen LogP contribution in [-0.4, -0.2) is 56.7 Å². The highest BCUT2D eigenvalue weighted by atomic mass is 35.5. The third-order valence-electron chi connectivity index (χ3n) is 5.71. The van der Waals surface area contributed by atoms with E-state index in [-0.39, 0.29) is 0 Å². The van der Waals surface area contributed by atoms with Crippen molar-refractivity contribution in [2.75, 3.05) is 40.8 Å². The van der Waals surface area contributed by atoms with Crippen LogP contribution in [0.5, 0.6) is 5.75 Å². The summed E-state index contributed by atoms with van der Waals surface area (Å²) in [7, 11) is 5.73. The van der Waals surface area contributed by atoms with Crippen molar-refractivity contribution in [2.45, 2.75) is 25.3 Å². The molecule has 6 nitrogen and oxygen atoms in total. The Kier molecular flexibility index (Phi) is 8.34. The van der Waals surface area contributed by atoms with Gasteiger partial charge in [0.1, 0.15) is 10.9 Å². The van der Waals surface area contributed by atoms with E-state index < -0.39 is 0 Å². The van der Waals surface area contributed by atoms with Crippen LogP contribution < -0.4 is 15.4 Å². The molecule has 0 bridgehead atoms. The van der Waals surface area contributed by atoms with Crippen LogP contribution in [-0.2, 0) is 6.42 Å². The van der Waals surface area contributed by atoms with Crippen molar-refractivity contribution >= 4 is 17.6 Å². The first-order valence-corrected chi connectivity index (χ1v) is 10.9. The number of aromatic nitrogens is 1. The number of hydrogen-bond acceptors (Lipinski definition) is 4. The summed E-state index contributed by atoms with van der Waals surface area (Å²) in [4.78, 5) is 11.0. The molecule has 2 N–H and O–H groups in total. The number of methoxy groups -OCH3 is 1. The molecule has 1 aromatic carbocycles. The first-order valence-electron chi connectivity index (χ1n) is 10.5. The molecule has 1 aliphatic rings. The van der Waals surface area contributed by atoms with Crippen LogP contribution in [0.3, 0.4) is 0 Å². The number of likely N-dealkylation sites (tertiary alicyclic amines) is 1. The molecule has 1 aliphatic heterocycles. The lowest BCUT2D eigenvalue weighted by Gasteiger charge is -2.40. The van der Waals surface area contributed by atoms with E-state index >= 15 is 0 Å². The second kappa shape index (κ2) is 11.2. The summed E-state index contributed by atoms with van der Waals surface area (Å²) < 4.78 is 5.32. The summed E-state index contributed by atoms with van der Waals surface area (Å²) in [6.45, 7) is 2.79. The lowest BCUT2D eigenvalue weighted by atomic mass is 9.85. The van der Waals surface area contributed by atoms with E-state index in [1.54, 1.807) is 7.11 Å². The normalized spacial score (nSPS) is 20.1. The molecular weight excluding hydrogens is 398 g/mol. The quantitative estimate of drug-likeness (QED) is 0.400. The fourth-order valence-electron chi connectivity index (χ4n) is 4.13. The highest BCUT2D eigenvalue weighted by Gasteiger charge is 2.30. The van der Waals surface area contributed by atoms with Gasteiger partial charge in [0.15, 0.2) is 5.96 Å². The number of pyridine rings is 1. The summed E-state index contributed by atoms with van der Waals surface area (Å²) in [6, 6.07) is 12.7. The molecule has 0 spiro atoms. The van der Waals surface area contributed by atoms with Gasteiger partial charge < -0.3 is 15.4 Å². The van der Waals surface area contributed by atoms with E-state index in [9.17, 15) is 0 Å². The molecule has 0 saturated carbocycles. The first-order chi connectivity index (χ1) is 14.6. The van der Waals surface area contributed by atoms with Crippen molar-refractivity contribution in [3.63, 3.8) is 0 Å². The molecule has 2 heterocycles. The van der Waals surface area contributed by atoms with Crippen LogP contribution >= 0.6 is 11.6 Å². The maximum Gasteiger partial charge on any atom is 0.190 e. The van der Waals surface area contributed by atoms with Crippen LogP contribution in [0.1, 0.15) is 30.0 Å². The molecule has 2 atom stereocenters. The van der Waals surface area contributed by atoms with Gasteiger partial charge in [0.05, 0.1) is 7.11 Å². The van der Waals surface area contributed by atoms with Gasteiger partial charge >= 0.3 is 0 Å². The van der Waals surface area contributed by atoms with Gasteiger partial charge in [-0.25, -0.2) is 4.98 Å². The lowest BCUT2D eigenvalue weighted by Crippen LogP contribution is -2.45. The van der Waals surface area contributed by atoms with Gasteiger partial charge in [-0.15, -0.1) is 0 Å². The average Bonchev–Trinajstić information content (AvgIpc) is 2.77. The van der Waals surface area contributed by atoms with Gasteiger partial charge in [-0.05, 0) is 68.1 Å². The maximum atomic E-state index is 5.85. The Morgan fingerprint density at radius 1 is 1.23 bits per heavy atom. The number of aliphatic imine (C=N–C) groups is 1. The second-order valence-electron chi connectivity index (χ2n) is 7.72. The standard InChI is InChI=1S/C23H32ClN5O/c1-25-23(26-13-12-17-6-11-21(24)27-15-17)28-16-19-5-4-14-29(2)22(19)18-7-9-20(30-3)10-8-18/h6-11,15,19,22H,4-5,12-14,16H2,1-3H3,(H2,25,26,28). The monoisotopic (exact) mass is 429 g/mol. The van der Waals surface area contributed by atoms with E-state index in [1.807, 2.05) is 37.5 Å². The lowest BCUT2D eigenvalue weighted by molar-refractivity contribution is 0.122. The third-order valence-corrected chi connectivity index (χ3v) is 5.94. The molecule has 3 rings (SSSR count). The van der Waals surface area contributed by atoms with Gasteiger partial charge in [-0.2, -0.15) is 0 Å². The average molecular weight is 430 g/mol. The van der Waals surface area contributed by atoms with Crippen molar-refractivity contribution in [3.05, 3.63) is 58.9 Å². The summed E-state index contributed by atoms with van der Waals surface area (Å²) >= 11 is 5.85. The molecule has 30 heavy (non-hydrogen) atoms. The molecular formula is C23H32ClN5O. The van der Waals surface area contributed by atoms with Gasteiger partial charge in [0, 0.05) is 32.4 Å². The number of nitrogens with one attached hydrogen (secondary N) is 2. The number of benzene rings is 1. The summed E-state index contributed by atoms with van der Waals surface area (Å²) in [5.41, 5.74) is 2.49. The number of ether oxygens (including phenoxy) is 1. The summed E-state index contributed by atoms with van der Waals surface area (Å²) in [5, 5.41) is 7.45. The van der Waals surface area contributed by atoms with Crippen molar-refractivity contribution < 1.29 is 4.74 Å². The fourth-order valence-corrected chi connectivity index (χ4v) is 4.24. The van der Waals surface area contributed by atoms with Crippen molar-refractivity contribution in [1.82, 2.24) is 20.5 Å². The first kappa shape index (κ1) is 22.4. The minimum Gasteiger partial charge on any atom is -0.497 e. The van der Waals surface area contributed by atoms with Crippen molar-refractivity contribution in [2.24, 2.45) is 10.9 Å². The zero-order valence-corrected chi connectivity index (χ0v) is 18.8. The Labute approximate surface area is 184 Å². The van der Waals surface area contributed by atoms with Gasteiger partial charge in [0.2, 0.25) is 0 Å². The zero-order chi connectivity index (χ0) is 21.3. The Bertz CT molecular complexity index is 809. The largest absolute Gasteiger partial charge is 0.497 e. The minimum atomic E-state index is 0.385.